The molecule has 4 aliphatic rings. The summed E-state index contributed by atoms with van der Waals surface area (Å²) in [4.78, 5) is 11.1. The summed E-state index contributed by atoms with van der Waals surface area (Å²) in [5, 5.41) is 0. The van der Waals surface area contributed by atoms with Crippen LogP contribution >= 0.6 is 0 Å². The molecule has 4 saturated carbocycles. The summed E-state index contributed by atoms with van der Waals surface area (Å²) in [5.74, 6) is 2.51. The van der Waals surface area contributed by atoms with Gasteiger partial charge in [0.25, 0.3) is 0 Å². The van der Waals surface area contributed by atoms with Gasteiger partial charge in [-0.2, -0.15) is 0 Å². The van der Waals surface area contributed by atoms with Crippen molar-refractivity contribution in [2.75, 3.05) is 0 Å². The molecule has 0 aromatic carbocycles. The molecule has 0 heterocycles. The van der Waals surface area contributed by atoms with Gasteiger partial charge in [-0.3, -0.25) is 4.79 Å². The minimum Gasteiger partial charge on any atom is -0.459 e. The molecule has 92 valence electrons. The second kappa shape index (κ2) is 4.38. The minimum absolute atomic E-state index is 0.0272. The lowest BCUT2D eigenvalue weighted by Gasteiger charge is -2.55. The number of hydrogen-bond acceptors (Lipinski definition) is 2. The van der Waals surface area contributed by atoms with Crippen LogP contribution in [0.1, 0.15) is 59.3 Å². The predicted molar refractivity (Wildman–Crippen MR) is 64.0 cm³/mol. The number of rotatable bonds is 1. The summed E-state index contributed by atoms with van der Waals surface area (Å²) in [6.07, 6.45) is 7.66. The van der Waals surface area contributed by atoms with Crippen molar-refractivity contribution < 1.29 is 9.53 Å². The van der Waals surface area contributed by atoms with Crippen LogP contribution in [0.4, 0.5) is 0 Å². The van der Waals surface area contributed by atoms with Gasteiger partial charge in [0.1, 0.15) is 5.60 Å². The number of ether oxygens (including phenoxy) is 1. The molecule has 4 bridgehead atoms. The van der Waals surface area contributed by atoms with E-state index in [1.54, 1.807) is 6.92 Å². The van der Waals surface area contributed by atoms with Gasteiger partial charge in [-0.15, -0.1) is 0 Å². The molecule has 0 aromatic rings. The molecule has 0 spiro atoms. The number of esters is 1. The smallest absolute Gasteiger partial charge is 0.303 e. The van der Waals surface area contributed by atoms with E-state index in [1.807, 2.05) is 13.8 Å². The normalized spacial score (nSPS) is 43.6. The largest absolute Gasteiger partial charge is 0.459 e. The second-order valence-corrected chi connectivity index (χ2v) is 5.69. The SMILES string of the molecule is CC.CC(=O)OC12CC3CC(CC(C3)C1)C2. The maximum Gasteiger partial charge on any atom is 0.303 e. The van der Waals surface area contributed by atoms with E-state index in [4.69, 9.17) is 4.74 Å². The molecule has 2 heteroatoms. The van der Waals surface area contributed by atoms with Crippen LogP contribution in [0, 0.1) is 17.8 Å². The first kappa shape index (κ1) is 11.9. The van der Waals surface area contributed by atoms with Crippen LogP contribution in [0.15, 0.2) is 0 Å². The molecule has 0 aromatic heterocycles. The van der Waals surface area contributed by atoms with Crippen molar-refractivity contribution in [3.63, 3.8) is 0 Å². The van der Waals surface area contributed by atoms with E-state index in [1.165, 1.54) is 19.3 Å². The highest BCUT2D eigenvalue weighted by Gasteiger charge is 2.52. The lowest BCUT2D eigenvalue weighted by molar-refractivity contribution is -0.184. The summed E-state index contributed by atoms with van der Waals surface area (Å²) < 4.78 is 5.61. The van der Waals surface area contributed by atoms with E-state index in [-0.39, 0.29) is 11.6 Å². The summed E-state index contributed by atoms with van der Waals surface area (Å²) >= 11 is 0. The maximum atomic E-state index is 11.1. The third-order valence-corrected chi connectivity index (χ3v) is 4.34. The van der Waals surface area contributed by atoms with Crippen LogP contribution in [0.25, 0.3) is 0 Å². The Morgan fingerprint density at radius 2 is 1.38 bits per heavy atom. The molecular formula is C14H24O2. The first-order chi connectivity index (χ1) is 7.65. The summed E-state index contributed by atoms with van der Waals surface area (Å²) in [6.45, 7) is 5.55. The van der Waals surface area contributed by atoms with Gasteiger partial charge in [-0.05, 0) is 56.3 Å². The molecule has 16 heavy (non-hydrogen) atoms. The van der Waals surface area contributed by atoms with Gasteiger partial charge in [0, 0.05) is 6.92 Å². The van der Waals surface area contributed by atoms with Crippen LogP contribution < -0.4 is 0 Å². The van der Waals surface area contributed by atoms with Gasteiger partial charge in [0.05, 0.1) is 0 Å². The van der Waals surface area contributed by atoms with E-state index in [0.717, 1.165) is 37.0 Å². The Hall–Kier alpha value is -0.530. The van der Waals surface area contributed by atoms with Crippen LogP contribution in [0.3, 0.4) is 0 Å². The molecule has 0 saturated heterocycles. The van der Waals surface area contributed by atoms with Crippen LogP contribution in [0.2, 0.25) is 0 Å². The van der Waals surface area contributed by atoms with E-state index in [2.05, 4.69) is 0 Å². The lowest BCUT2D eigenvalue weighted by atomic mass is 9.54. The Kier molecular flexibility index (Phi) is 3.27. The average molecular weight is 224 g/mol. The van der Waals surface area contributed by atoms with E-state index < -0.39 is 0 Å². The Balaban J connectivity index is 0.000000457. The fourth-order valence-electron chi connectivity index (χ4n) is 4.46. The monoisotopic (exact) mass is 224 g/mol. The van der Waals surface area contributed by atoms with Gasteiger partial charge < -0.3 is 4.74 Å². The van der Waals surface area contributed by atoms with Gasteiger partial charge >= 0.3 is 5.97 Å². The Bertz CT molecular complexity index is 235. The first-order valence-electron chi connectivity index (χ1n) is 6.85. The maximum absolute atomic E-state index is 11.1. The van der Waals surface area contributed by atoms with Gasteiger partial charge in [-0.1, -0.05) is 13.8 Å². The Morgan fingerprint density at radius 1 is 1.00 bits per heavy atom. The van der Waals surface area contributed by atoms with Crippen molar-refractivity contribution in [2.45, 2.75) is 64.9 Å². The van der Waals surface area contributed by atoms with Crippen LogP contribution in [0.5, 0.6) is 0 Å². The predicted octanol–water partition coefficient (Wildman–Crippen LogP) is 3.54. The number of carbonyl (C=O) groups excluding carboxylic acids is 1. The summed E-state index contributed by atoms with van der Waals surface area (Å²) in [7, 11) is 0. The van der Waals surface area contributed by atoms with Gasteiger partial charge in [0.2, 0.25) is 0 Å². The molecule has 4 fully saturated rings. The molecule has 0 unspecified atom stereocenters. The third kappa shape index (κ3) is 2.11. The van der Waals surface area contributed by atoms with Crippen molar-refractivity contribution >= 4 is 5.97 Å². The highest BCUT2D eigenvalue weighted by Crippen LogP contribution is 2.57. The molecule has 0 amide bonds. The molecule has 4 rings (SSSR count). The minimum atomic E-state index is -0.0769. The van der Waals surface area contributed by atoms with Crippen LogP contribution in [-0.2, 0) is 9.53 Å². The Morgan fingerprint density at radius 3 is 1.69 bits per heavy atom. The quantitative estimate of drug-likeness (QED) is 0.637. The van der Waals surface area contributed by atoms with Crippen LogP contribution in [-0.4, -0.2) is 11.6 Å². The third-order valence-electron chi connectivity index (χ3n) is 4.34. The van der Waals surface area contributed by atoms with E-state index >= 15 is 0 Å². The van der Waals surface area contributed by atoms with Crippen molar-refractivity contribution in [3.8, 4) is 0 Å². The molecular weight excluding hydrogens is 200 g/mol. The molecule has 0 N–H and O–H groups in total. The lowest BCUT2D eigenvalue weighted by Crippen LogP contribution is -2.52. The molecule has 4 aliphatic carbocycles. The fraction of sp³-hybridized carbons (Fsp3) is 0.929. The number of hydrogen-bond donors (Lipinski definition) is 0. The molecule has 0 atom stereocenters. The summed E-state index contributed by atoms with van der Waals surface area (Å²) in [5.41, 5.74) is -0.0272. The highest BCUT2D eigenvalue weighted by atomic mass is 16.6. The Labute approximate surface area is 98.7 Å². The zero-order chi connectivity index (χ0) is 11.8. The molecule has 0 radical (unpaired) electrons. The van der Waals surface area contributed by atoms with Crippen molar-refractivity contribution in [2.24, 2.45) is 17.8 Å². The standard InChI is InChI=1S/C12H18O2.C2H6/c1-8(13)14-12-5-9-2-10(6-12)4-11(3-9)7-12;1-2/h9-11H,2-7H2,1H3;1-2H3. The second-order valence-electron chi connectivity index (χ2n) is 5.69. The van der Waals surface area contributed by atoms with E-state index in [0.29, 0.717) is 0 Å². The summed E-state index contributed by atoms with van der Waals surface area (Å²) in [6, 6.07) is 0. The highest BCUT2D eigenvalue weighted by molar-refractivity contribution is 5.66. The van der Waals surface area contributed by atoms with Gasteiger partial charge in [0.15, 0.2) is 0 Å². The number of carbonyl (C=O) groups is 1. The first-order valence-corrected chi connectivity index (χ1v) is 6.85. The fourth-order valence-corrected chi connectivity index (χ4v) is 4.46. The zero-order valence-electron chi connectivity index (χ0n) is 10.8. The molecule has 2 nitrogen and oxygen atoms in total. The van der Waals surface area contributed by atoms with Gasteiger partial charge in [-0.25, -0.2) is 0 Å². The average Bonchev–Trinajstić information content (AvgIpc) is 2.16. The molecule has 0 aliphatic heterocycles. The van der Waals surface area contributed by atoms with Crippen molar-refractivity contribution in [3.05, 3.63) is 0 Å². The van der Waals surface area contributed by atoms with Crippen molar-refractivity contribution in [1.82, 2.24) is 0 Å². The zero-order valence-corrected chi connectivity index (χ0v) is 10.8. The van der Waals surface area contributed by atoms with Crippen molar-refractivity contribution in [1.29, 1.82) is 0 Å². The topological polar surface area (TPSA) is 26.3 Å². The van der Waals surface area contributed by atoms with E-state index in [9.17, 15) is 4.79 Å².